The van der Waals surface area contributed by atoms with E-state index >= 15 is 0 Å². The fraction of sp³-hybridized carbons (Fsp3) is 0.515. The largest absolute Gasteiger partial charge is 0.493 e. The summed E-state index contributed by atoms with van der Waals surface area (Å²) in [5, 5.41) is 5.72. The van der Waals surface area contributed by atoms with E-state index in [-0.39, 0.29) is 43.3 Å². The normalized spacial score (nSPS) is 20.1. The van der Waals surface area contributed by atoms with E-state index in [0.717, 1.165) is 11.1 Å². The molecule has 2 fully saturated rings. The molecule has 0 aliphatic carbocycles. The molecule has 238 valence electrons. The highest BCUT2D eigenvalue weighted by atomic mass is 16.6. The Hall–Kier alpha value is -3.80. The van der Waals surface area contributed by atoms with Crippen LogP contribution in [0.3, 0.4) is 0 Å². The molecule has 2 N–H and O–H groups in total. The monoisotopic (exact) mass is 609 g/mol. The molecule has 0 radical (unpaired) electrons. The van der Waals surface area contributed by atoms with Crippen molar-refractivity contribution in [3.63, 3.8) is 0 Å². The number of amides is 2. The van der Waals surface area contributed by atoms with Crippen LogP contribution in [-0.4, -0.2) is 99.6 Å². The Morgan fingerprint density at radius 3 is 2.25 bits per heavy atom. The van der Waals surface area contributed by atoms with E-state index in [4.69, 9.17) is 18.9 Å². The van der Waals surface area contributed by atoms with E-state index in [1.807, 2.05) is 41.3 Å². The minimum atomic E-state index is -0.944. The number of carbonyl (C=O) groups is 4. The smallest absolute Gasteiger partial charge is 0.234 e. The highest BCUT2D eigenvalue weighted by Crippen LogP contribution is 2.31. The van der Waals surface area contributed by atoms with Crippen LogP contribution >= 0.6 is 0 Å². The van der Waals surface area contributed by atoms with Crippen LogP contribution in [0.2, 0.25) is 0 Å². The van der Waals surface area contributed by atoms with Gasteiger partial charge < -0.3 is 29.6 Å². The number of ether oxygens (including phenoxy) is 4. The maximum absolute atomic E-state index is 13.9. The lowest BCUT2D eigenvalue weighted by Crippen LogP contribution is -2.50. The maximum Gasteiger partial charge on any atom is 0.234 e. The SMILES string of the molecule is COc1ccc(C[C@H](CC(=O)[C@H](C)NC(=O)CN2CCOCC2)C(=O)N[C@@H](Cc2ccccc2)C(=O)[C@@]2(C)CO2)cc1OC. The first-order chi connectivity index (χ1) is 21.1. The summed E-state index contributed by atoms with van der Waals surface area (Å²) in [5.41, 5.74) is 0.697. The highest BCUT2D eigenvalue weighted by molar-refractivity contribution is 5.98. The number of ketones is 2. The first-order valence-corrected chi connectivity index (χ1v) is 15.0. The van der Waals surface area contributed by atoms with E-state index in [1.165, 1.54) is 14.2 Å². The van der Waals surface area contributed by atoms with Crippen molar-refractivity contribution in [2.45, 2.75) is 50.8 Å². The second kappa shape index (κ2) is 15.3. The van der Waals surface area contributed by atoms with Crippen LogP contribution in [0.5, 0.6) is 11.5 Å². The number of rotatable bonds is 16. The van der Waals surface area contributed by atoms with Crippen molar-refractivity contribution in [1.29, 1.82) is 0 Å². The number of methoxy groups -OCH3 is 2. The average Bonchev–Trinajstić information content (AvgIpc) is 3.78. The molecule has 2 aliphatic rings. The van der Waals surface area contributed by atoms with Gasteiger partial charge in [0.25, 0.3) is 0 Å². The first-order valence-electron chi connectivity index (χ1n) is 15.0. The zero-order chi connectivity index (χ0) is 31.7. The molecule has 0 spiro atoms. The van der Waals surface area contributed by atoms with Crippen LogP contribution in [0.25, 0.3) is 0 Å². The molecule has 2 saturated heterocycles. The molecule has 2 aromatic carbocycles. The molecule has 2 aromatic rings. The molecule has 0 aromatic heterocycles. The Morgan fingerprint density at radius 2 is 1.61 bits per heavy atom. The summed E-state index contributed by atoms with van der Waals surface area (Å²) in [6.45, 7) is 6.22. The number of carbonyl (C=O) groups excluding carboxylic acids is 4. The predicted octanol–water partition coefficient (Wildman–Crippen LogP) is 1.74. The molecule has 11 nitrogen and oxygen atoms in total. The molecular formula is C33H43N3O8. The Bertz CT molecular complexity index is 1310. The van der Waals surface area contributed by atoms with Gasteiger partial charge >= 0.3 is 0 Å². The van der Waals surface area contributed by atoms with E-state index in [2.05, 4.69) is 10.6 Å². The fourth-order valence-corrected chi connectivity index (χ4v) is 5.27. The average molecular weight is 610 g/mol. The summed E-state index contributed by atoms with van der Waals surface area (Å²) < 4.78 is 21.5. The lowest BCUT2D eigenvalue weighted by molar-refractivity contribution is -0.134. The number of nitrogens with one attached hydrogen (secondary N) is 2. The van der Waals surface area contributed by atoms with Gasteiger partial charge in [-0.2, -0.15) is 0 Å². The van der Waals surface area contributed by atoms with Gasteiger partial charge in [0.1, 0.15) is 5.60 Å². The molecular weight excluding hydrogens is 566 g/mol. The molecule has 4 rings (SSSR count). The van der Waals surface area contributed by atoms with Gasteiger partial charge in [0.2, 0.25) is 11.8 Å². The lowest BCUT2D eigenvalue weighted by atomic mass is 9.89. The van der Waals surface area contributed by atoms with E-state index < -0.39 is 29.5 Å². The molecule has 4 atom stereocenters. The highest BCUT2D eigenvalue weighted by Gasteiger charge is 2.50. The van der Waals surface area contributed by atoms with Crippen LogP contribution in [0.15, 0.2) is 48.5 Å². The van der Waals surface area contributed by atoms with Crippen LogP contribution in [-0.2, 0) is 41.5 Å². The number of hydrogen-bond donors (Lipinski definition) is 2. The Balaban J connectivity index is 1.50. The fourth-order valence-electron chi connectivity index (χ4n) is 5.27. The van der Waals surface area contributed by atoms with Crippen LogP contribution in [0.4, 0.5) is 0 Å². The second-order valence-electron chi connectivity index (χ2n) is 11.6. The number of epoxide rings is 1. The number of benzene rings is 2. The van der Waals surface area contributed by atoms with Gasteiger partial charge in [-0.15, -0.1) is 0 Å². The summed E-state index contributed by atoms with van der Waals surface area (Å²) in [7, 11) is 3.06. The third kappa shape index (κ3) is 9.10. The van der Waals surface area contributed by atoms with E-state index in [0.29, 0.717) is 44.4 Å². The molecule has 2 amide bonds. The molecule has 0 saturated carbocycles. The summed E-state index contributed by atoms with van der Waals surface area (Å²) in [4.78, 5) is 55.4. The summed E-state index contributed by atoms with van der Waals surface area (Å²) in [5.74, 6) is -0.984. The van der Waals surface area contributed by atoms with Crippen molar-refractivity contribution in [2.75, 3.05) is 53.7 Å². The van der Waals surface area contributed by atoms with Crippen molar-refractivity contribution in [2.24, 2.45) is 5.92 Å². The topological polar surface area (TPSA) is 136 Å². The molecule has 0 bridgehead atoms. The van der Waals surface area contributed by atoms with Crippen LogP contribution in [0, 0.1) is 5.92 Å². The quantitative estimate of drug-likeness (QED) is 0.273. The Labute approximate surface area is 258 Å². The van der Waals surface area contributed by atoms with E-state index in [9.17, 15) is 19.2 Å². The second-order valence-corrected chi connectivity index (χ2v) is 11.6. The van der Waals surface area contributed by atoms with Crippen molar-refractivity contribution in [3.8, 4) is 11.5 Å². The number of nitrogens with zero attached hydrogens (tertiary/aromatic N) is 1. The Morgan fingerprint density at radius 1 is 0.932 bits per heavy atom. The molecule has 44 heavy (non-hydrogen) atoms. The third-order valence-corrected chi connectivity index (χ3v) is 8.09. The minimum Gasteiger partial charge on any atom is -0.493 e. The predicted molar refractivity (Wildman–Crippen MR) is 163 cm³/mol. The van der Waals surface area contributed by atoms with E-state index in [1.54, 1.807) is 26.0 Å². The lowest BCUT2D eigenvalue weighted by Gasteiger charge is -2.27. The summed E-state index contributed by atoms with van der Waals surface area (Å²) >= 11 is 0. The van der Waals surface area contributed by atoms with Crippen LogP contribution < -0.4 is 20.1 Å². The number of hydrogen-bond acceptors (Lipinski definition) is 9. The molecule has 11 heteroatoms. The van der Waals surface area contributed by atoms with Gasteiger partial charge in [0.15, 0.2) is 23.1 Å². The van der Waals surface area contributed by atoms with Gasteiger partial charge in [-0.1, -0.05) is 36.4 Å². The summed E-state index contributed by atoms with van der Waals surface area (Å²) in [6, 6.07) is 13.1. The van der Waals surface area contributed by atoms with Crippen molar-refractivity contribution in [3.05, 3.63) is 59.7 Å². The molecule has 0 unspecified atom stereocenters. The standard InChI is InChI=1S/C33H43N3O8/c1-22(34-30(38)20-36-12-14-43-15-13-36)27(37)19-25(16-24-10-11-28(41-3)29(18-24)42-4)32(40)35-26(31(39)33(2)21-44-33)17-23-8-6-5-7-9-23/h5-11,18,22,25-26H,12-17,19-21H2,1-4H3,(H,34,38)(H,35,40)/t22-,25+,26-,33+/m0/s1. The molecule has 2 heterocycles. The van der Waals surface area contributed by atoms with Gasteiger partial charge in [0.05, 0.1) is 52.7 Å². The first kappa shape index (κ1) is 33.1. The summed E-state index contributed by atoms with van der Waals surface area (Å²) in [6.07, 6.45) is 0.348. The number of Topliss-reactive ketones (excluding diaryl/α,β-unsaturated/α-hetero) is 2. The third-order valence-electron chi connectivity index (χ3n) is 8.09. The van der Waals surface area contributed by atoms with Crippen molar-refractivity contribution < 1.29 is 38.1 Å². The van der Waals surface area contributed by atoms with Gasteiger partial charge in [0, 0.05) is 25.4 Å². The van der Waals surface area contributed by atoms with Gasteiger partial charge in [-0.05, 0) is 49.9 Å². The zero-order valence-corrected chi connectivity index (χ0v) is 25.9. The Kier molecular flexibility index (Phi) is 11.5. The minimum absolute atomic E-state index is 0.140. The maximum atomic E-state index is 13.9. The van der Waals surface area contributed by atoms with Gasteiger partial charge in [-0.3, -0.25) is 24.1 Å². The zero-order valence-electron chi connectivity index (χ0n) is 25.9. The molecule has 2 aliphatic heterocycles. The van der Waals surface area contributed by atoms with Crippen LogP contribution in [0.1, 0.15) is 31.4 Å². The number of morpholine rings is 1. The van der Waals surface area contributed by atoms with Gasteiger partial charge in [-0.25, -0.2) is 0 Å². The van der Waals surface area contributed by atoms with Crippen molar-refractivity contribution >= 4 is 23.4 Å². The van der Waals surface area contributed by atoms with Crippen molar-refractivity contribution in [1.82, 2.24) is 15.5 Å².